The van der Waals surface area contributed by atoms with Crippen LogP contribution >= 0.6 is 0 Å². The first-order valence-electron chi connectivity index (χ1n) is 11.7. The first-order chi connectivity index (χ1) is 16.0. The van der Waals surface area contributed by atoms with E-state index < -0.39 is 0 Å². The van der Waals surface area contributed by atoms with Crippen LogP contribution < -0.4 is 15.8 Å². The van der Waals surface area contributed by atoms with E-state index in [2.05, 4.69) is 41.2 Å². The van der Waals surface area contributed by atoms with Crippen LogP contribution in [0.3, 0.4) is 0 Å². The number of pyridine rings is 1. The highest BCUT2D eigenvalue weighted by Gasteiger charge is 2.20. The second-order valence-electron chi connectivity index (χ2n) is 9.03. The van der Waals surface area contributed by atoms with Crippen molar-refractivity contribution in [1.29, 1.82) is 5.26 Å². The van der Waals surface area contributed by atoms with E-state index >= 15 is 0 Å². The Bertz CT molecular complexity index is 1180. The molecule has 1 aliphatic rings. The summed E-state index contributed by atoms with van der Waals surface area (Å²) in [6.45, 7) is 8.10. The number of hydrogen-bond acceptors (Lipinski definition) is 6. The summed E-state index contributed by atoms with van der Waals surface area (Å²) in [4.78, 5) is 6.95. The van der Waals surface area contributed by atoms with Gasteiger partial charge in [-0.3, -0.25) is 4.98 Å². The van der Waals surface area contributed by atoms with Crippen LogP contribution in [0, 0.1) is 25.2 Å². The minimum Gasteiger partial charge on any atom is -0.497 e. The smallest absolute Gasteiger partial charge is 0.119 e. The van der Waals surface area contributed by atoms with Gasteiger partial charge in [-0.2, -0.15) is 5.26 Å². The van der Waals surface area contributed by atoms with Gasteiger partial charge in [-0.25, -0.2) is 0 Å². The third-order valence-electron chi connectivity index (χ3n) is 6.85. The van der Waals surface area contributed by atoms with Crippen LogP contribution in [0.2, 0.25) is 0 Å². The lowest BCUT2D eigenvalue weighted by atomic mass is 9.99. The lowest BCUT2D eigenvalue weighted by molar-refractivity contribution is 0.199. The van der Waals surface area contributed by atoms with Crippen molar-refractivity contribution in [1.82, 2.24) is 15.2 Å². The zero-order chi connectivity index (χ0) is 23.4. The van der Waals surface area contributed by atoms with Gasteiger partial charge < -0.3 is 20.7 Å². The SMILES string of the molecule is COc1ccc2ncc(C#N)c(CCN3CCC(NCc4cc(C)cc(N)c4C)CC3)c2c1. The number of benzene rings is 2. The number of fused-ring (bicyclic) bond motifs is 1. The number of nitrogens with one attached hydrogen (secondary N) is 1. The Morgan fingerprint density at radius 2 is 2.00 bits per heavy atom. The first kappa shape index (κ1) is 23.0. The molecule has 2 heterocycles. The average molecular weight is 444 g/mol. The Balaban J connectivity index is 1.35. The van der Waals surface area contributed by atoms with Crippen LogP contribution in [0.5, 0.6) is 5.75 Å². The van der Waals surface area contributed by atoms with E-state index in [0.717, 1.165) is 73.3 Å². The van der Waals surface area contributed by atoms with Crippen molar-refractivity contribution < 1.29 is 4.74 Å². The van der Waals surface area contributed by atoms with Crippen molar-refractivity contribution >= 4 is 16.6 Å². The van der Waals surface area contributed by atoms with Crippen LogP contribution in [0.25, 0.3) is 10.9 Å². The summed E-state index contributed by atoms with van der Waals surface area (Å²) < 4.78 is 5.40. The molecule has 6 heteroatoms. The van der Waals surface area contributed by atoms with E-state index in [1.807, 2.05) is 24.3 Å². The highest BCUT2D eigenvalue weighted by Crippen LogP contribution is 2.26. The number of piperidine rings is 1. The topological polar surface area (TPSA) is 87.2 Å². The average Bonchev–Trinajstić information content (AvgIpc) is 2.84. The molecule has 1 saturated heterocycles. The highest BCUT2D eigenvalue weighted by molar-refractivity contribution is 5.85. The minimum absolute atomic E-state index is 0.517. The molecule has 2 aromatic carbocycles. The van der Waals surface area contributed by atoms with Gasteiger partial charge in [0.15, 0.2) is 0 Å². The van der Waals surface area contributed by atoms with Crippen molar-refractivity contribution in [3.63, 3.8) is 0 Å². The van der Waals surface area contributed by atoms with Crippen LogP contribution in [0.4, 0.5) is 5.69 Å². The summed E-state index contributed by atoms with van der Waals surface area (Å²) in [7, 11) is 1.66. The highest BCUT2D eigenvalue weighted by atomic mass is 16.5. The standard InChI is InChI=1S/C27H33N5O/c1-18-12-20(19(2)26(29)13-18)16-30-22-6-9-32(10-7-22)11-8-24-21(15-28)17-31-27-5-4-23(33-3)14-25(24)27/h4-5,12-14,17,22,30H,6-11,16,29H2,1-3H3. The van der Waals surface area contributed by atoms with Gasteiger partial charge in [0.2, 0.25) is 0 Å². The van der Waals surface area contributed by atoms with Crippen molar-refractivity contribution in [2.45, 2.75) is 45.7 Å². The number of methoxy groups -OCH3 is 1. The van der Waals surface area contributed by atoms with E-state index in [1.165, 1.54) is 16.7 Å². The number of nitrogens with zero attached hydrogens (tertiary/aromatic N) is 3. The molecule has 1 aromatic heterocycles. The number of nitrogen functional groups attached to an aromatic ring is 1. The monoisotopic (exact) mass is 443 g/mol. The number of ether oxygens (including phenoxy) is 1. The molecular formula is C27H33N5O. The van der Waals surface area contributed by atoms with Gasteiger partial charge in [0.25, 0.3) is 0 Å². The molecule has 1 aliphatic heterocycles. The maximum Gasteiger partial charge on any atom is 0.119 e. The fourth-order valence-electron chi connectivity index (χ4n) is 4.75. The third kappa shape index (κ3) is 5.27. The molecule has 4 rings (SSSR count). The summed E-state index contributed by atoms with van der Waals surface area (Å²) in [6, 6.07) is 13.0. The molecule has 0 aliphatic carbocycles. The number of anilines is 1. The van der Waals surface area contributed by atoms with E-state index in [-0.39, 0.29) is 0 Å². The van der Waals surface area contributed by atoms with Crippen LogP contribution in [-0.2, 0) is 13.0 Å². The normalized spacial score (nSPS) is 15.0. The lowest BCUT2D eigenvalue weighted by Gasteiger charge is -2.32. The van der Waals surface area contributed by atoms with E-state index in [9.17, 15) is 5.26 Å². The van der Waals surface area contributed by atoms with Gasteiger partial charge in [0.1, 0.15) is 11.8 Å². The zero-order valence-electron chi connectivity index (χ0n) is 19.8. The fraction of sp³-hybridized carbons (Fsp3) is 0.407. The van der Waals surface area contributed by atoms with Gasteiger partial charge in [-0.1, -0.05) is 6.07 Å². The maximum atomic E-state index is 9.63. The van der Waals surface area contributed by atoms with Crippen molar-refractivity contribution in [3.8, 4) is 11.8 Å². The van der Waals surface area contributed by atoms with Crippen LogP contribution in [0.15, 0.2) is 36.5 Å². The van der Waals surface area contributed by atoms with Crippen molar-refractivity contribution in [3.05, 3.63) is 64.3 Å². The molecule has 3 N–H and O–H groups in total. The lowest BCUT2D eigenvalue weighted by Crippen LogP contribution is -2.43. The number of aryl methyl sites for hydroxylation is 1. The predicted octanol–water partition coefficient (Wildman–Crippen LogP) is 4.11. The molecule has 0 radical (unpaired) electrons. The Labute approximate surface area is 196 Å². The summed E-state index contributed by atoms with van der Waals surface area (Å²) in [6.07, 6.45) is 4.77. The number of likely N-dealkylation sites (tertiary alicyclic amines) is 1. The quantitative estimate of drug-likeness (QED) is 0.535. The molecule has 0 atom stereocenters. The van der Waals surface area contributed by atoms with Gasteiger partial charge in [0.05, 0.1) is 18.2 Å². The molecule has 0 bridgehead atoms. The predicted molar refractivity (Wildman–Crippen MR) is 133 cm³/mol. The van der Waals surface area contributed by atoms with E-state index in [4.69, 9.17) is 10.5 Å². The van der Waals surface area contributed by atoms with Crippen LogP contribution in [0.1, 0.15) is 40.7 Å². The Morgan fingerprint density at radius 1 is 1.21 bits per heavy atom. The van der Waals surface area contributed by atoms with E-state index in [0.29, 0.717) is 11.6 Å². The van der Waals surface area contributed by atoms with Gasteiger partial charge in [0, 0.05) is 36.4 Å². The number of nitrogens with two attached hydrogens (primary N) is 1. The number of rotatable bonds is 7. The second-order valence-corrected chi connectivity index (χ2v) is 9.03. The maximum absolute atomic E-state index is 9.63. The summed E-state index contributed by atoms with van der Waals surface area (Å²) >= 11 is 0. The number of hydrogen-bond donors (Lipinski definition) is 2. The first-order valence-corrected chi connectivity index (χ1v) is 11.7. The molecule has 6 nitrogen and oxygen atoms in total. The molecule has 1 fully saturated rings. The molecule has 0 unspecified atom stereocenters. The fourth-order valence-corrected chi connectivity index (χ4v) is 4.75. The summed E-state index contributed by atoms with van der Waals surface area (Å²) in [5, 5.41) is 14.4. The van der Waals surface area contributed by atoms with Crippen molar-refractivity contribution in [2.75, 3.05) is 32.5 Å². The van der Waals surface area contributed by atoms with Crippen LogP contribution in [-0.4, -0.2) is 42.7 Å². The molecular weight excluding hydrogens is 410 g/mol. The third-order valence-corrected chi connectivity index (χ3v) is 6.85. The zero-order valence-corrected chi connectivity index (χ0v) is 19.8. The summed E-state index contributed by atoms with van der Waals surface area (Å²) in [5.74, 6) is 0.790. The number of aromatic nitrogens is 1. The molecule has 3 aromatic rings. The molecule has 0 amide bonds. The summed E-state index contributed by atoms with van der Waals surface area (Å²) in [5.41, 5.74) is 13.3. The Kier molecular flexibility index (Phi) is 7.12. The van der Waals surface area contributed by atoms with Crippen molar-refractivity contribution in [2.24, 2.45) is 0 Å². The van der Waals surface area contributed by atoms with E-state index in [1.54, 1.807) is 13.3 Å². The molecule has 33 heavy (non-hydrogen) atoms. The van der Waals surface area contributed by atoms with Gasteiger partial charge in [-0.05, 0) is 92.7 Å². The Morgan fingerprint density at radius 3 is 2.73 bits per heavy atom. The van der Waals surface area contributed by atoms with Gasteiger partial charge in [-0.15, -0.1) is 0 Å². The minimum atomic E-state index is 0.517. The molecule has 0 saturated carbocycles. The number of nitriles is 1. The Hall–Kier alpha value is -3.14. The second kappa shape index (κ2) is 10.2. The molecule has 172 valence electrons. The largest absolute Gasteiger partial charge is 0.497 e. The molecule has 0 spiro atoms. The van der Waals surface area contributed by atoms with Gasteiger partial charge >= 0.3 is 0 Å².